The summed E-state index contributed by atoms with van der Waals surface area (Å²) in [6.45, 7) is 1.84. The second-order valence-electron chi connectivity index (χ2n) is 6.70. The Kier molecular flexibility index (Phi) is 6.69. The third kappa shape index (κ3) is 6.21. The van der Waals surface area contributed by atoms with Crippen molar-refractivity contribution in [3.05, 3.63) is 95.6 Å². The molecule has 0 atom stereocenters. The van der Waals surface area contributed by atoms with Crippen LogP contribution >= 0.6 is 0 Å². The molecular formula is C23H17F3O5S. The Balaban J connectivity index is 1.60. The molecule has 0 unspecified atom stereocenters. The molecule has 0 spiro atoms. The molecule has 5 nitrogen and oxygen atoms in total. The van der Waals surface area contributed by atoms with Gasteiger partial charge in [0.2, 0.25) is 0 Å². The summed E-state index contributed by atoms with van der Waals surface area (Å²) in [7, 11) is -3.98. The van der Waals surface area contributed by atoms with E-state index in [0.717, 1.165) is 35.9 Å². The molecule has 32 heavy (non-hydrogen) atoms. The van der Waals surface area contributed by atoms with Crippen LogP contribution in [-0.4, -0.2) is 14.4 Å². The summed E-state index contributed by atoms with van der Waals surface area (Å²) >= 11 is 0. The quantitative estimate of drug-likeness (QED) is 0.212. The number of carbonyl (C=O) groups excluding carboxylic acids is 1. The molecule has 166 valence electrons. The molecule has 0 heterocycles. The van der Waals surface area contributed by atoms with E-state index in [0.29, 0.717) is 5.56 Å². The van der Waals surface area contributed by atoms with E-state index in [1.165, 1.54) is 42.5 Å². The van der Waals surface area contributed by atoms with Gasteiger partial charge in [-0.05, 0) is 67.1 Å². The van der Waals surface area contributed by atoms with Gasteiger partial charge in [0, 0.05) is 6.08 Å². The monoisotopic (exact) mass is 462 g/mol. The predicted molar refractivity (Wildman–Crippen MR) is 112 cm³/mol. The fourth-order valence-electron chi connectivity index (χ4n) is 2.54. The molecule has 0 radical (unpaired) electrons. The lowest BCUT2D eigenvalue weighted by Gasteiger charge is -2.07. The Labute approximate surface area is 182 Å². The molecule has 0 saturated carbocycles. The molecule has 0 aromatic heterocycles. The zero-order valence-electron chi connectivity index (χ0n) is 16.7. The fraction of sp³-hybridized carbons (Fsp3) is 0.0870. The second kappa shape index (κ2) is 9.27. The number of ether oxygens (including phenoxy) is 1. The van der Waals surface area contributed by atoms with Crippen LogP contribution in [0.25, 0.3) is 6.08 Å². The molecule has 9 heteroatoms. The van der Waals surface area contributed by atoms with E-state index in [9.17, 15) is 26.4 Å². The van der Waals surface area contributed by atoms with Crippen molar-refractivity contribution >= 4 is 22.2 Å². The van der Waals surface area contributed by atoms with Crippen molar-refractivity contribution < 1.29 is 35.3 Å². The van der Waals surface area contributed by atoms with Crippen LogP contribution in [0.15, 0.2) is 83.8 Å². The number of halogens is 3. The average Bonchev–Trinajstić information content (AvgIpc) is 2.73. The Morgan fingerprint density at radius 2 is 1.41 bits per heavy atom. The number of alkyl halides is 3. The third-order valence-electron chi connectivity index (χ3n) is 4.21. The lowest BCUT2D eigenvalue weighted by molar-refractivity contribution is -0.137. The first kappa shape index (κ1) is 23.1. The van der Waals surface area contributed by atoms with Crippen LogP contribution in [0.3, 0.4) is 0 Å². The normalized spacial score (nSPS) is 12.0. The molecule has 0 saturated heterocycles. The van der Waals surface area contributed by atoms with Crippen LogP contribution in [0.2, 0.25) is 0 Å². The first-order chi connectivity index (χ1) is 15.0. The summed E-state index contributed by atoms with van der Waals surface area (Å²) in [6, 6.07) is 15.9. The van der Waals surface area contributed by atoms with Gasteiger partial charge in [0.25, 0.3) is 0 Å². The van der Waals surface area contributed by atoms with Crippen molar-refractivity contribution in [3.63, 3.8) is 0 Å². The van der Waals surface area contributed by atoms with Gasteiger partial charge in [-0.1, -0.05) is 29.8 Å². The first-order valence-electron chi connectivity index (χ1n) is 9.21. The van der Waals surface area contributed by atoms with Crippen LogP contribution in [0.1, 0.15) is 16.7 Å². The van der Waals surface area contributed by atoms with Crippen LogP contribution in [-0.2, 0) is 21.1 Å². The number of aryl methyl sites for hydroxylation is 1. The van der Waals surface area contributed by atoms with Crippen LogP contribution < -0.4 is 8.92 Å². The van der Waals surface area contributed by atoms with Gasteiger partial charge >= 0.3 is 22.3 Å². The molecule has 0 N–H and O–H groups in total. The Hall–Kier alpha value is -3.59. The van der Waals surface area contributed by atoms with Crippen LogP contribution in [0.5, 0.6) is 11.5 Å². The molecule has 0 aliphatic rings. The fourth-order valence-corrected chi connectivity index (χ4v) is 3.47. The summed E-state index contributed by atoms with van der Waals surface area (Å²) in [5.41, 5.74) is 0.617. The van der Waals surface area contributed by atoms with Gasteiger partial charge in [0.05, 0.1) is 5.56 Å². The van der Waals surface area contributed by atoms with E-state index < -0.39 is 27.8 Å². The number of benzene rings is 3. The van der Waals surface area contributed by atoms with Gasteiger partial charge in [-0.2, -0.15) is 21.6 Å². The summed E-state index contributed by atoms with van der Waals surface area (Å²) in [4.78, 5) is 11.9. The maximum absolute atomic E-state index is 12.5. The van der Waals surface area contributed by atoms with E-state index >= 15 is 0 Å². The Bertz CT molecular complexity index is 1210. The van der Waals surface area contributed by atoms with Crippen molar-refractivity contribution in [2.24, 2.45) is 0 Å². The zero-order valence-corrected chi connectivity index (χ0v) is 17.5. The molecule has 3 aromatic rings. The van der Waals surface area contributed by atoms with E-state index in [4.69, 9.17) is 8.92 Å². The minimum atomic E-state index is -4.47. The lowest BCUT2D eigenvalue weighted by Crippen LogP contribution is -2.09. The third-order valence-corrected chi connectivity index (χ3v) is 5.47. The first-order valence-corrected chi connectivity index (χ1v) is 10.6. The van der Waals surface area contributed by atoms with E-state index in [1.54, 1.807) is 12.1 Å². The Morgan fingerprint density at radius 3 is 1.97 bits per heavy atom. The second-order valence-corrected chi connectivity index (χ2v) is 8.24. The lowest BCUT2D eigenvalue weighted by atomic mass is 10.2. The maximum atomic E-state index is 12.5. The highest BCUT2D eigenvalue weighted by Gasteiger charge is 2.30. The number of hydrogen-bond donors (Lipinski definition) is 0. The SMILES string of the molecule is Cc1ccc(S(=O)(=O)Oc2ccc(/C=C/C(=O)Oc3ccc(C(F)(F)F)cc3)cc2)cc1. The molecule has 0 aliphatic carbocycles. The summed E-state index contributed by atoms with van der Waals surface area (Å²) in [6.07, 6.45) is -1.97. The Morgan fingerprint density at radius 1 is 0.844 bits per heavy atom. The summed E-state index contributed by atoms with van der Waals surface area (Å²) in [5, 5.41) is 0. The van der Waals surface area contributed by atoms with Gasteiger partial charge in [-0.3, -0.25) is 0 Å². The van der Waals surface area contributed by atoms with E-state index in [1.807, 2.05) is 6.92 Å². The van der Waals surface area contributed by atoms with Crippen LogP contribution in [0, 0.1) is 6.92 Å². The molecule has 3 aromatic carbocycles. The minimum absolute atomic E-state index is 0.0260. The predicted octanol–water partition coefficient (Wildman–Crippen LogP) is 5.40. The highest BCUT2D eigenvalue weighted by molar-refractivity contribution is 7.87. The summed E-state index contributed by atoms with van der Waals surface area (Å²) < 4.78 is 72.3. The number of carbonyl (C=O) groups is 1. The van der Waals surface area contributed by atoms with Crippen molar-refractivity contribution in [2.45, 2.75) is 18.0 Å². The maximum Gasteiger partial charge on any atom is 0.416 e. The van der Waals surface area contributed by atoms with Gasteiger partial charge in [0.15, 0.2) is 0 Å². The van der Waals surface area contributed by atoms with E-state index in [-0.39, 0.29) is 16.4 Å². The smallest absolute Gasteiger partial charge is 0.416 e. The molecule has 0 amide bonds. The standard InChI is InChI=1S/C23H17F3O5S/c1-16-2-13-21(14-3-16)32(28,29)31-20-9-4-17(5-10-20)6-15-22(27)30-19-11-7-18(8-12-19)23(24,25)26/h2-15H,1H3/b15-6+. The average molecular weight is 462 g/mol. The van der Waals surface area contributed by atoms with Gasteiger partial charge in [-0.25, -0.2) is 4.79 Å². The number of esters is 1. The molecule has 3 rings (SSSR count). The minimum Gasteiger partial charge on any atom is -0.423 e. The van der Waals surface area contributed by atoms with E-state index in [2.05, 4.69) is 0 Å². The zero-order chi connectivity index (χ0) is 23.4. The van der Waals surface area contributed by atoms with Crippen molar-refractivity contribution in [2.75, 3.05) is 0 Å². The molecule has 0 bridgehead atoms. The van der Waals surface area contributed by atoms with Crippen molar-refractivity contribution in [1.29, 1.82) is 0 Å². The summed E-state index contributed by atoms with van der Waals surface area (Å²) in [5.74, 6) is -0.722. The highest BCUT2D eigenvalue weighted by atomic mass is 32.2. The van der Waals surface area contributed by atoms with Gasteiger partial charge in [-0.15, -0.1) is 0 Å². The molecule has 0 fully saturated rings. The molecule has 0 aliphatic heterocycles. The topological polar surface area (TPSA) is 69.7 Å². The van der Waals surface area contributed by atoms with Gasteiger partial charge in [0.1, 0.15) is 16.4 Å². The van der Waals surface area contributed by atoms with Crippen molar-refractivity contribution in [3.8, 4) is 11.5 Å². The van der Waals surface area contributed by atoms with Crippen LogP contribution in [0.4, 0.5) is 13.2 Å². The van der Waals surface area contributed by atoms with Crippen molar-refractivity contribution in [1.82, 2.24) is 0 Å². The highest BCUT2D eigenvalue weighted by Crippen LogP contribution is 2.30. The van der Waals surface area contributed by atoms with Gasteiger partial charge < -0.3 is 8.92 Å². The largest absolute Gasteiger partial charge is 0.423 e. The number of rotatable bonds is 6. The number of hydrogen-bond acceptors (Lipinski definition) is 5. The molecular weight excluding hydrogens is 445 g/mol.